The second kappa shape index (κ2) is 8.09. The Bertz CT molecular complexity index is 1210. The third kappa shape index (κ3) is 3.86. The summed E-state index contributed by atoms with van der Waals surface area (Å²) in [6.45, 7) is 0. The summed E-state index contributed by atoms with van der Waals surface area (Å²) in [6.07, 6.45) is 1.15. The van der Waals surface area contributed by atoms with Gasteiger partial charge in [-0.25, -0.2) is 14.8 Å². The van der Waals surface area contributed by atoms with E-state index in [1.165, 1.54) is 42.7 Å². The smallest absolute Gasteiger partial charge is 0.373 e. The monoisotopic (exact) mass is 423 g/mol. The highest BCUT2D eigenvalue weighted by molar-refractivity contribution is 7.22. The zero-order valence-electron chi connectivity index (χ0n) is 15.4. The number of benzene rings is 2. The van der Waals surface area contributed by atoms with E-state index < -0.39 is 16.6 Å². The van der Waals surface area contributed by atoms with Gasteiger partial charge in [-0.1, -0.05) is 23.5 Å². The number of thiazole rings is 1. The number of nitrogens with one attached hydrogen (secondary N) is 1. The highest BCUT2D eigenvalue weighted by Gasteiger charge is 2.26. The number of fused-ring (bicyclic) bond motifs is 1. The summed E-state index contributed by atoms with van der Waals surface area (Å²) >= 11 is 1.34. The first-order valence-electron chi connectivity index (χ1n) is 8.53. The third-order valence-corrected chi connectivity index (χ3v) is 4.93. The van der Waals surface area contributed by atoms with Gasteiger partial charge >= 0.3 is 17.5 Å². The molecule has 30 heavy (non-hydrogen) atoms. The molecule has 0 saturated heterocycles. The van der Waals surface area contributed by atoms with E-state index in [1.807, 2.05) is 24.3 Å². The van der Waals surface area contributed by atoms with Crippen molar-refractivity contribution in [3.05, 3.63) is 70.5 Å². The van der Waals surface area contributed by atoms with Crippen molar-refractivity contribution in [3.63, 3.8) is 0 Å². The van der Waals surface area contributed by atoms with E-state index >= 15 is 0 Å². The molecule has 4 rings (SSSR count). The van der Waals surface area contributed by atoms with Gasteiger partial charge in [-0.3, -0.25) is 10.1 Å². The van der Waals surface area contributed by atoms with Gasteiger partial charge in [0.2, 0.25) is 5.82 Å². The molecule has 4 aromatic rings. The predicted octanol–water partition coefficient (Wildman–Crippen LogP) is 4.32. The maximum Gasteiger partial charge on any atom is 0.373 e. The molecule has 2 aromatic carbocycles. The fourth-order valence-electron chi connectivity index (χ4n) is 2.61. The van der Waals surface area contributed by atoms with E-state index in [-0.39, 0.29) is 17.4 Å². The first kappa shape index (κ1) is 19.2. The molecule has 0 amide bonds. The molecular formula is C19H13N5O5S. The summed E-state index contributed by atoms with van der Waals surface area (Å²) in [5.41, 5.74) is 0.651. The molecule has 0 atom stereocenters. The van der Waals surface area contributed by atoms with Crippen molar-refractivity contribution in [2.75, 3.05) is 12.4 Å². The van der Waals surface area contributed by atoms with Gasteiger partial charge in [0.25, 0.3) is 0 Å². The second-order valence-electron chi connectivity index (χ2n) is 5.86. The van der Waals surface area contributed by atoms with Crippen LogP contribution in [0.15, 0.2) is 54.9 Å². The Hall–Kier alpha value is -4.12. The molecule has 0 aliphatic rings. The Morgan fingerprint density at radius 2 is 1.90 bits per heavy atom. The van der Waals surface area contributed by atoms with E-state index in [4.69, 9.17) is 4.74 Å². The van der Waals surface area contributed by atoms with Gasteiger partial charge in [-0.05, 0) is 36.4 Å². The molecular weight excluding hydrogens is 410 g/mol. The molecule has 0 aliphatic carbocycles. The quantitative estimate of drug-likeness (QED) is 0.274. The van der Waals surface area contributed by atoms with Crippen LogP contribution in [0.5, 0.6) is 11.6 Å². The number of nitro groups is 1. The van der Waals surface area contributed by atoms with E-state index in [2.05, 4.69) is 25.0 Å². The highest BCUT2D eigenvalue weighted by atomic mass is 32.1. The van der Waals surface area contributed by atoms with Crippen LogP contribution in [0, 0.1) is 10.1 Å². The van der Waals surface area contributed by atoms with Crippen LogP contribution < -0.4 is 10.1 Å². The normalized spacial score (nSPS) is 10.6. The first-order valence-corrected chi connectivity index (χ1v) is 9.35. The van der Waals surface area contributed by atoms with Crippen LogP contribution in [-0.2, 0) is 4.74 Å². The molecule has 2 heterocycles. The van der Waals surface area contributed by atoms with Crippen LogP contribution in [0.25, 0.3) is 10.2 Å². The fourth-order valence-corrected chi connectivity index (χ4v) is 3.47. The van der Waals surface area contributed by atoms with Crippen LogP contribution in [-0.4, -0.2) is 33.0 Å². The van der Waals surface area contributed by atoms with Crippen molar-refractivity contribution >= 4 is 44.2 Å². The van der Waals surface area contributed by atoms with Crippen molar-refractivity contribution in [2.24, 2.45) is 0 Å². The van der Waals surface area contributed by atoms with Gasteiger partial charge in [0.05, 0.1) is 27.8 Å². The Morgan fingerprint density at radius 1 is 1.13 bits per heavy atom. The predicted molar refractivity (Wildman–Crippen MR) is 109 cm³/mol. The van der Waals surface area contributed by atoms with Gasteiger partial charge in [0.15, 0.2) is 5.13 Å². The Kier molecular flexibility index (Phi) is 5.18. The molecule has 0 bridgehead atoms. The number of hydrogen-bond acceptors (Lipinski definition) is 10. The Morgan fingerprint density at radius 3 is 2.60 bits per heavy atom. The number of aromatic nitrogens is 3. The van der Waals surface area contributed by atoms with Crippen LogP contribution in [0.3, 0.4) is 0 Å². The van der Waals surface area contributed by atoms with Crippen LogP contribution in [0.1, 0.15) is 10.4 Å². The number of esters is 1. The summed E-state index contributed by atoms with van der Waals surface area (Å²) in [5, 5.41) is 15.0. The number of hydrogen-bond donors (Lipinski definition) is 1. The minimum Gasteiger partial charge on any atom is -0.465 e. The molecule has 0 unspecified atom stereocenters. The SMILES string of the molecule is COC(=O)c1ccc(Oc2ncnc(Nc3nc4ccccc4s3)c2[N+](=O)[O-])cc1. The highest BCUT2D eigenvalue weighted by Crippen LogP contribution is 2.37. The van der Waals surface area contributed by atoms with Gasteiger partial charge in [-0.15, -0.1) is 0 Å². The number of carbonyl (C=O) groups excluding carboxylic acids is 1. The lowest BCUT2D eigenvalue weighted by Gasteiger charge is -2.08. The average Bonchev–Trinajstić information content (AvgIpc) is 3.16. The number of carbonyl (C=O) groups is 1. The van der Waals surface area contributed by atoms with E-state index in [9.17, 15) is 14.9 Å². The molecule has 0 radical (unpaired) electrons. The van der Waals surface area contributed by atoms with Crippen molar-refractivity contribution in [2.45, 2.75) is 0 Å². The average molecular weight is 423 g/mol. The molecule has 2 aromatic heterocycles. The molecule has 0 saturated carbocycles. The maximum atomic E-state index is 11.7. The zero-order valence-corrected chi connectivity index (χ0v) is 16.3. The van der Waals surface area contributed by atoms with E-state index in [1.54, 1.807) is 0 Å². The molecule has 0 aliphatic heterocycles. The van der Waals surface area contributed by atoms with Gasteiger partial charge in [-0.2, -0.15) is 4.98 Å². The number of anilines is 2. The van der Waals surface area contributed by atoms with Crippen molar-refractivity contribution in [3.8, 4) is 11.6 Å². The number of para-hydroxylation sites is 1. The number of methoxy groups -OCH3 is 1. The summed E-state index contributed by atoms with van der Waals surface area (Å²) in [7, 11) is 1.27. The largest absolute Gasteiger partial charge is 0.465 e. The van der Waals surface area contributed by atoms with Crippen LogP contribution >= 0.6 is 11.3 Å². The van der Waals surface area contributed by atoms with E-state index in [0.717, 1.165) is 16.5 Å². The van der Waals surface area contributed by atoms with Gasteiger partial charge < -0.3 is 14.8 Å². The third-order valence-electron chi connectivity index (χ3n) is 3.98. The number of nitrogens with zero attached hydrogens (tertiary/aromatic N) is 4. The zero-order chi connectivity index (χ0) is 21.1. The van der Waals surface area contributed by atoms with Crippen molar-refractivity contribution in [1.29, 1.82) is 0 Å². The fraction of sp³-hybridized carbons (Fsp3) is 0.0526. The molecule has 0 fully saturated rings. The Labute approximate surface area is 173 Å². The Balaban J connectivity index is 1.64. The summed E-state index contributed by atoms with van der Waals surface area (Å²) < 4.78 is 11.1. The van der Waals surface area contributed by atoms with Crippen LogP contribution in [0.4, 0.5) is 16.6 Å². The lowest BCUT2D eigenvalue weighted by molar-refractivity contribution is -0.385. The summed E-state index contributed by atoms with van der Waals surface area (Å²) in [5.74, 6) is -0.535. The molecule has 1 N–H and O–H groups in total. The van der Waals surface area contributed by atoms with E-state index in [0.29, 0.717) is 10.7 Å². The first-order chi connectivity index (χ1) is 14.5. The maximum absolute atomic E-state index is 11.7. The standard InChI is InChI=1S/C19H13N5O5S/c1-28-18(25)11-6-8-12(9-7-11)29-17-15(24(26)27)16(20-10-21-17)23-19-22-13-4-2-3-5-14(13)30-19/h2-10H,1H3,(H,20,21,22,23). The summed E-state index contributed by atoms with van der Waals surface area (Å²) in [6, 6.07) is 13.4. The van der Waals surface area contributed by atoms with Gasteiger partial charge in [0.1, 0.15) is 12.1 Å². The van der Waals surface area contributed by atoms with Gasteiger partial charge in [0, 0.05) is 0 Å². The van der Waals surface area contributed by atoms with Crippen molar-refractivity contribution < 1.29 is 19.2 Å². The minimum atomic E-state index is -0.631. The topological polar surface area (TPSA) is 129 Å². The molecule has 11 heteroatoms. The number of ether oxygens (including phenoxy) is 2. The number of rotatable bonds is 6. The van der Waals surface area contributed by atoms with Crippen LogP contribution in [0.2, 0.25) is 0 Å². The lowest BCUT2D eigenvalue weighted by Crippen LogP contribution is -2.04. The molecule has 0 spiro atoms. The molecule has 150 valence electrons. The molecule has 10 nitrogen and oxygen atoms in total. The lowest BCUT2D eigenvalue weighted by atomic mass is 10.2. The second-order valence-corrected chi connectivity index (χ2v) is 6.89. The summed E-state index contributed by atoms with van der Waals surface area (Å²) in [4.78, 5) is 34.9. The minimum absolute atomic E-state index is 0.0461. The van der Waals surface area contributed by atoms with Crippen molar-refractivity contribution in [1.82, 2.24) is 15.0 Å².